The lowest BCUT2D eigenvalue weighted by Gasteiger charge is -1.97. The van der Waals surface area contributed by atoms with E-state index in [4.69, 9.17) is 4.42 Å². The van der Waals surface area contributed by atoms with Gasteiger partial charge in [-0.25, -0.2) is 4.79 Å². The summed E-state index contributed by atoms with van der Waals surface area (Å²) in [7, 11) is 0. The Labute approximate surface area is 92.1 Å². The molecule has 2 aromatic heterocycles. The fourth-order valence-electron chi connectivity index (χ4n) is 1.57. The number of fused-ring (bicyclic) bond motifs is 3. The zero-order chi connectivity index (χ0) is 10.4. The molecule has 0 amide bonds. The van der Waals surface area contributed by atoms with E-state index in [0.29, 0.717) is 11.1 Å². The summed E-state index contributed by atoms with van der Waals surface area (Å²) >= 11 is 3.36. The predicted molar refractivity (Wildman–Crippen MR) is 59.8 cm³/mol. The maximum atomic E-state index is 11.0. The van der Waals surface area contributed by atoms with Crippen LogP contribution in [0.3, 0.4) is 0 Å². The second-order valence-corrected chi connectivity index (χ2v) is 4.09. The van der Waals surface area contributed by atoms with E-state index in [0.717, 1.165) is 15.4 Å². The Balaban J connectivity index is 2.59. The normalized spacial score (nSPS) is 11.3. The standard InChI is InChI=1S/C10H5BrN2O2/c11-5-1-2-6-7(3-5)12-4-8-9(6)15-10(14)13-8/h1-4H,(H,13,14). The molecule has 0 saturated heterocycles. The number of oxazole rings is 1. The highest BCUT2D eigenvalue weighted by molar-refractivity contribution is 9.10. The molecule has 4 nitrogen and oxygen atoms in total. The van der Waals surface area contributed by atoms with Crippen molar-refractivity contribution in [1.82, 2.24) is 9.97 Å². The van der Waals surface area contributed by atoms with E-state index in [2.05, 4.69) is 25.9 Å². The molecule has 0 fully saturated rings. The van der Waals surface area contributed by atoms with Crippen molar-refractivity contribution in [3.63, 3.8) is 0 Å². The van der Waals surface area contributed by atoms with Crippen molar-refractivity contribution in [3.05, 3.63) is 39.4 Å². The summed E-state index contributed by atoms with van der Waals surface area (Å²) in [5.74, 6) is -0.456. The van der Waals surface area contributed by atoms with E-state index >= 15 is 0 Å². The quantitative estimate of drug-likeness (QED) is 0.679. The number of nitrogens with one attached hydrogen (secondary N) is 1. The van der Waals surface area contributed by atoms with Crippen LogP contribution in [0.1, 0.15) is 0 Å². The van der Waals surface area contributed by atoms with Gasteiger partial charge in [0.25, 0.3) is 0 Å². The van der Waals surface area contributed by atoms with Crippen molar-refractivity contribution in [2.45, 2.75) is 0 Å². The van der Waals surface area contributed by atoms with E-state index < -0.39 is 5.76 Å². The highest BCUT2D eigenvalue weighted by Gasteiger charge is 2.06. The molecule has 0 aliphatic heterocycles. The van der Waals surface area contributed by atoms with Gasteiger partial charge < -0.3 is 4.42 Å². The van der Waals surface area contributed by atoms with Gasteiger partial charge in [0.2, 0.25) is 0 Å². The van der Waals surface area contributed by atoms with Crippen molar-refractivity contribution in [2.75, 3.05) is 0 Å². The molecule has 3 rings (SSSR count). The van der Waals surface area contributed by atoms with Crippen LogP contribution in [0, 0.1) is 0 Å². The number of nitrogens with zero attached hydrogens (tertiary/aromatic N) is 1. The first-order valence-electron chi connectivity index (χ1n) is 4.31. The Kier molecular flexibility index (Phi) is 1.70. The first-order valence-corrected chi connectivity index (χ1v) is 5.10. The summed E-state index contributed by atoms with van der Waals surface area (Å²) in [6, 6.07) is 5.63. The Morgan fingerprint density at radius 1 is 1.40 bits per heavy atom. The van der Waals surface area contributed by atoms with E-state index in [-0.39, 0.29) is 0 Å². The van der Waals surface area contributed by atoms with Crippen LogP contribution in [0.15, 0.2) is 38.1 Å². The maximum absolute atomic E-state index is 11.0. The third-order valence-corrected chi connectivity index (χ3v) is 2.71. The smallest absolute Gasteiger partial charge is 0.407 e. The number of rotatable bonds is 0. The molecule has 1 aromatic carbocycles. The number of pyridine rings is 1. The molecule has 0 aliphatic rings. The number of halogens is 1. The van der Waals surface area contributed by atoms with Gasteiger partial charge in [-0.05, 0) is 18.2 Å². The number of aromatic amines is 1. The minimum Gasteiger partial charge on any atom is -0.407 e. The highest BCUT2D eigenvalue weighted by atomic mass is 79.9. The molecule has 0 radical (unpaired) electrons. The fourth-order valence-corrected chi connectivity index (χ4v) is 1.92. The highest BCUT2D eigenvalue weighted by Crippen LogP contribution is 2.23. The Morgan fingerprint density at radius 3 is 3.13 bits per heavy atom. The zero-order valence-corrected chi connectivity index (χ0v) is 9.04. The predicted octanol–water partition coefficient (Wildman–Crippen LogP) is 2.43. The fraction of sp³-hybridized carbons (Fsp3) is 0. The average molecular weight is 265 g/mol. The van der Waals surface area contributed by atoms with Crippen LogP contribution in [0.2, 0.25) is 0 Å². The van der Waals surface area contributed by atoms with Crippen molar-refractivity contribution in [1.29, 1.82) is 0 Å². The lowest BCUT2D eigenvalue weighted by atomic mass is 10.2. The molecular weight excluding hydrogens is 260 g/mol. The van der Waals surface area contributed by atoms with Gasteiger partial charge in [0.05, 0.1) is 11.7 Å². The molecule has 0 unspecified atom stereocenters. The second kappa shape index (κ2) is 2.93. The van der Waals surface area contributed by atoms with Crippen LogP contribution in [0.25, 0.3) is 22.0 Å². The molecule has 0 saturated carbocycles. The lowest BCUT2D eigenvalue weighted by molar-refractivity contribution is 0.558. The Morgan fingerprint density at radius 2 is 2.27 bits per heavy atom. The number of hydrogen-bond donors (Lipinski definition) is 1. The van der Waals surface area contributed by atoms with Crippen molar-refractivity contribution in [2.24, 2.45) is 0 Å². The van der Waals surface area contributed by atoms with Gasteiger partial charge >= 0.3 is 5.76 Å². The average Bonchev–Trinajstić information content (AvgIpc) is 2.58. The summed E-state index contributed by atoms with van der Waals surface area (Å²) in [4.78, 5) is 17.8. The third-order valence-electron chi connectivity index (χ3n) is 2.21. The van der Waals surface area contributed by atoms with E-state index in [1.165, 1.54) is 0 Å². The molecule has 0 spiro atoms. The van der Waals surface area contributed by atoms with Gasteiger partial charge in [0.15, 0.2) is 5.58 Å². The lowest BCUT2D eigenvalue weighted by Crippen LogP contribution is -1.92. The van der Waals surface area contributed by atoms with Gasteiger partial charge in [-0.2, -0.15) is 0 Å². The molecule has 5 heteroatoms. The van der Waals surface area contributed by atoms with E-state index in [1.54, 1.807) is 6.20 Å². The second-order valence-electron chi connectivity index (χ2n) is 3.18. The molecule has 74 valence electrons. The largest absolute Gasteiger partial charge is 0.417 e. The molecule has 15 heavy (non-hydrogen) atoms. The zero-order valence-electron chi connectivity index (χ0n) is 7.45. The first kappa shape index (κ1) is 8.67. The number of benzene rings is 1. The molecule has 0 bridgehead atoms. The number of hydrogen-bond acceptors (Lipinski definition) is 3. The summed E-state index contributed by atoms with van der Waals surface area (Å²) in [5, 5.41) is 0.828. The minimum atomic E-state index is -0.456. The van der Waals surface area contributed by atoms with Gasteiger partial charge in [0, 0.05) is 9.86 Å². The van der Waals surface area contributed by atoms with Crippen molar-refractivity contribution < 1.29 is 4.42 Å². The van der Waals surface area contributed by atoms with Crippen molar-refractivity contribution in [3.8, 4) is 0 Å². The third kappa shape index (κ3) is 1.27. The minimum absolute atomic E-state index is 0.456. The van der Waals surface area contributed by atoms with Crippen LogP contribution in [0.4, 0.5) is 0 Å². The topological polar surface area (TPSA) is 58.9 Å². The molecule has 1 N–H and O–H groups in total. The Bertz CT molecular complexity index is 714. The van der Waals surface area contributed by atoms with Crippen LogP contribution < -0.4 is 5.76 Å². The van der Waals surface area contributed by atoms with Crippen LogP contribution >= 0.6 is 15.9 Å². The molecule has 0 atom stereocenters. The summed E-state index contributed by atoms with van der Waals surface area (Å²) in [5.41, 5.74) is 1.96. The SMILES string of the molecule is O=c1[nH]c2cnc3cc(Br)ccc3c2o1. The summed E-state index contributed by atoms with van der Waals surface area (Å²) in [6.07, 6.45) is 1.59. The van der Waals surface area contributed by atoms with Crippen LogP contribution in [-0.4, -0.2) is 9.97 Å². The molecule has 3 aromatic rings. The monoisotopic (exact) mass is 264 g/mol. The molecule has 2 heterocycles. The summed E-state index contributed by atoms with van der Waals surface area (Å²) in [6.45, 7) is 0. The summed E-state index contributed by atoms with van der Waals surface area (Å²) < 4.78 is 6.00. The number of H-pyrrole nitrogens is 1. The van der Waals surface area contributed by atoms with Gasteiger partial charge in [-0.15, -0.1) is 0 Å². The van der Waals surface area contributed by atoms with Crippen molar-refractivity contribution >= 4 is 37.9 Å². The number of aromatic nitrogens is 2. The molecule has 0 aliphatic carbocycles. The van der Waals surface area contributed by atoms with Gasteiger partial charge in [-0.1, -0.05) is 15.9 Å². The van der Waals surface area contributed by atoms with E-state index in [9.17, 15) is 4.79 Å². The van der Waals surface area contributed by atoms with Crippen LogP contribution in [0.5, 0.6) is 0 Å². The first-order chi connectivity index (χ1) is 7.24. The van der Waals surface area contributed by atoms with E-state index in [1.807, 2.05) is 18.2 Å². The van der Waals surface area contributed by atoms with Crippen LogP contribution in [-0.2, 0) is 0 Å². The van der Waals surface area contributed by atoms with Gasteiger partial charge in [-0.3, -0.25) is 9.97 Å². The Hall–Kier alpha value is -1.62. The molecular formula is C10H5BrN2O2. The maximum Gasteiger partial charge on any atom is 0.417 e. The van der Waals surface area contributed by atoms with Gasteiger partial charge in [0.1, 0.15) is 5.52 Å².